The van der Waals surface area contributed by atoms with Crippen LogP contribution in [0.3, 0.4) is 0 Å². The number of rotatable bonds is 6. The fourth-order valence-electron chi connectivity index (χ4n) is 6.88. The minimum absolute atomic E-state index is 0.0326. The van der Waals surface area contributed by atoms with Gasteiger partial charge in [-0.05, 0) is 94.8 Å². The normalized spacial score (nSPS) is 12.0. The summed E-state index contributed by atoms with van der Waals surface area (Å²) < 4.78 is 6.06. The van der Waals surface area contributed by atoms with E-state index in [2.05, 4.69) is 156 Å². The number of fused-ring (bicyclic) bond motifs is 2. The van der Waals surface area contributed by atoms with Crippen molar-refractivity contribution in [2.24, 2.45) is 0 Å². The zero-order valence-corrected chi connectivity index (χ0v) is 30.6. The first-order valence-corrected chi connectivity index (χ1v) is 17.9. The van der Waals surface area contributed by atoms with E-state index in [1.54, 1.807) is 0 Å². The lowest BCUT2D eigenvalue weighted by Gasteiger charge is -2.30. The topological polar surface area (TPSA) is 55.1 Å². The van der Waals surface area contributed by atoms with E-state index < -0.39 is 0 Å². The molecule has 8 aromatic rings. The number of anilines is 3. The molecule has 0 N–H and O–H groups in total. The van der Waals surface area contributed by atoms with E-state index in [4.69, 9.17) is 19.4 Å². The highest BCUT2D eigenvalue weighted by molar-refractivity contribution is 5.88. The van der Waals surface area contributed by atoms with Crippen molar-refractivity contribution in [1.82, 2.24) is 15.0 Å². The number of nitrogens with zero attached hydrogens (tertiary/aromatic N) is 4. The molecular formula is C47H42N4O. The third-order valence-electron chi connectivity index (χ3n) is 9.55. The molecule has 8 rings (SSSR count). The molecule has 0 spiro atoms. The summed E-state index contributed by atoms with van der Waals surface area (Å²) in [5, 5.41) is 0. The van der Waals surface area contributed by atoms with Crippen LogP contribution in [0.25, 0.3) is 56.1 Å². The summed E-state index contributed by atoms with van der Waals surface area (Å²) in [5.41, 5.74) is 13.8. The molecule has 0 unspecified atom stereocenters. The molecule has 0 amide bonds. The second-order valence-corrected chi connectivity index (χ2v) is 15.4. The van der Waals surface area contributed by atoms with E-state index in [1.165, 1.54) is 11.1 Å². The van der Waals surface area contributed by atoms with Crippen LogP contribution in [0.4, 0.5) is 17.1 Å². The van der Waals surface area contributed by atoms with Crippen LogP contribution in [0.1, 0.15) is 52.7 Å². The number of benzene rings is 6. The zero-order valence-electron chi connectivity index (χ0n) is 30.6. The molecule has 0 saturated heterocycles. The van der Waals surface area contributed by atoms with Gasteiger partial charge in [-0.2, -0.15) is 0 Å². The highest BCUT2D eigenvalue weighted by Crippen LogP contribution is 2.40. The SMILES string of the molecule is CC(C)(C)c1cc2nc(-c3ccccc3)c(-c3ccc(N(c4ccccc4)c4ccc(-c5nc6ccccc6o5)cc4)cc3)nc2cc1C(C)(C)C. The predicted octanol–water partition coefficient (Wildman–Crippen LogP) is 12.8. The Kier molecular flexibility index (Phi) is 8.22. The molecule has 0 bridgehead atoms. The van der Waals surface area contributed by atoms with E-state index in [1.807, 2.05) is 36.4 Å². The minimum Gasteiger partial charge on any atom is -0.436 e. The van der Waals surface area contributed by atoms with Gasteiger partial charge in [0.25, 0.3) is 0 Å². The first-order chi connectivity index (χ1) is 25.0. The summed E-state index contributed by atoms with van der Waals surface area (Å²) in [6.07, 6.45) is 0. The van der Waals surface area contributed by atoms with Crippen molar-refractivity contribution in [2.75, 3.05) is 4.90 Å². The maximum absolute atomic E-state index is 6.06. The Labute approximate surface area is 305 Å². The number of hydrogen-bond acceptors (Lipinski definition) is 5. The Balaban J connectivity index is 1.22. The number of hydrogen-bond donors (Lipinski definition) is 0. The fraction of sp³-hybridized carbons (Fsp3) is 0.170. The van der Waals surface area contributed by atoms with Gasteiger partial charge in [0.15, 0.2) is 5.58 Å². The Morgan fingerprint density at radius 1 is 0.423 bits per heavy atom. The van der Waals surface area contributed by atoms with Crippen LogP contribution in [-0.4, -0.2) is 15.0 Å². The average molecular weight is 679 g/mol. The lowest BCUT2D eigenvalue weighted by atomic mass is 9.75. The molecule has 52 heavy (non-hydrogen) atoms. The summed E-state index contributed by atoms with van der Waals surface area (Å²) in [7, 11) is 0. The summed E-state index contributed by atoms with van der Waals surface area (Å²) in [4.78, 5) is 17.7. The van der Waals surface area contributed by atoms with Crippen molar-refractivity contribution in [3.8, 4) is 34.0 Å². The average Bonchev–Trinajstić information content (AvgIpc) is 3.59. The molecule has 5 nitrogen and oxygen atoms in total. The van der Waals surface area contributed by atoms with Crippen LogP contribution in [0.2, 0.25) is 0 Å². The Bertz CT molecular complexity index is 2470. The van der Waals surface area contributed by atoms with Crippen LogP contribution in [0, 0.1) is 0 Å². The molecule has 0 atom stereocenters. The first-order valence-electron chi connectivity index (χ1n) is 17.9. The molecule has 0 fully saturated rings. The zero-order chi connectivity index (χ0) is 36.0. The van der Waals surface area contributed by atoms with Crippen LogP contribution in [0.5, 0.6) is 0 Å². The Hall–Kier alpha value is -6.07. The van der Waals surface area contributed by atoms with Crippen LogP contribution < -0.4 is 4.90 Å². The molecule has 0 radical (unpaired) electrons. The molecule has 5 heteroatoms. The van der Waals surface area contributed by atoms with E-state index in [0.717, 1.165) is 67.3 Å². The number of oxazole rings is 1. The summed E-state index contributed by atoms with van der Waals surface area (Å²) >= 11 is 0. The minimum atomic E-state index is -0.0416. The van der Waals surface area contributed by atoms with Gasteiger partial charge in [-0.3, -0.25) is 0 Å². The molecule has 0 aliphatic heterocycles. The first kappa shape index (κ1) is 33.1. The van der Waals surface area contributed by atoms with Gasteiger partial charge >= 0.3 is 0 Å². The maximum atomic E-state index is 6.06. The van der Waals surface area contributed by atoms with Crippen LogP contribution in [-0.2, 0) is 10.8 Å². The highest BCUT2D eigenvalue weighted by atomic mass is 16.3. The number of aromatic nitrogens is 3. The molecule has 2 heterocycles. The smallest absolute Gasteiger partial charge is 0.227 e. The molecule has 6 aromatic carbocycles. The lowest BCUT2D eigenvalue weighted by molar-refractivity contribution is 0.531. The van der Waals surface area contributed by atoms with Gasteiger partial charge < -0.3 is 9.32 Å². The summed E-state index contributed by atoms with van der Waals surface area (Å²) in [5.74, 6) is 0.610. The third-order valence-corrected chi connectivity index (χ3v) is 9.55. The monoisotopic (exact) mass is 678 g/mol. The quantitative estimate of drug-likeness (QED) is 0.175. The summed E-state index contributed by atoms with van der Waals surface area (Å²) in [6, 6.07) is 50.2. The van der Waals surface area contributed by atoms with Crippen molar-refractivity contribution in [3.63, 3.8) is 0 Å². The van der Waals surface area contributed by atoms with E-state index in [-0.39, 0.29) is 10.8 Å². The number of para-hydroxylation sites is 3. The van der Waals surface area contributed by atoms with Crippen molar-refractivity contribution in [2.45, 2.75) is 52.4 Å². The van der Waals surface area contributed by atoms with E-state index >= 15 is 0 Å². The molecule has 0 aliphatic rings. The molecule has 2 aromatic heterocycles. The van der Waals surface area contributed by atoms with Crippen molar-refractivity contribution in [3.05, 3.63) is 157 Å². The second-order valence-electron chi connectivity index (χ2n) is 15.4. The predicted molar refractivity (Wildman–Crippen MR) is 215 cm³/mol. The van der Waals surface area contributed by atoms with E-state index in [0.29, 0.717) is 5.89 Å². The van der Waals surface area contributed by atoms with Gasteiger partial charge in [-0.15, -0.1) is 0 Å². The van der Waals surface area contributed by atoms with Gasteiger partial charge in [-0.1, -0.05) is 114 Å². The van der Waals surface area contributed by atoms with Gasteiger partial charge in [0.05, 0.1) is 22.4 Å². The third kappa shape index (κ3) is 6.35. The lowest BCUT2D eigenvalue weighted by Crippen LogP contribution is -2.22. The highest BCUT2D eigenvalue weighted by Gasteiger charge is 2.27. The standard InChI is InChI=1S/C47H42N4O/c1-46(2,3)37-29-40-41(30-38(37)47(4,5)6)49-44(43(48-40)31-15-9-7-10-16-31)32-21-25-35(26-22-32)51(34-17-11-8-12-18-34)36-27-23-33(24-28-36)45-50-39-19-13-14-20-42(39)52-45/h7-30H,1-6H3. The molecular weight excluding hydrogens is 637 g/mol. The molecule has 0 saturated carbocycles. The fourth-order valence-corrected chi connectivity index (χ4v) is 6.88. The summed E-state index contributed by atoms with van der Waals surface area (Å²) in [6.45, 7) is 13.6. The van der Waals surface area contributed by atoms with Crippen molar-refractivity contribution < 1.29 is 4.42 Å². The largest absolute Gasteiger partial charge is 0.436 e. The van der Waals surface area contributed by atoms with Gasteiger partial charge in [0, 0.05) is 33.8 Å². The van der Waals surface area contributed by atoms with Gasteiger partial charge in [0.1, 0.15) is 5.52 Å². The molecule has 0 aliphatic carbocycles. The van der Waals surface area contributed by atoms with Crippen molar-refractivity contribution >= 4 is 39.2 Å². The Morgan fingerprint density at radius 3 is 1.38 bits per heavy atom. The van der Waals surface area contributed by atoms with E-state index in [9.17, 15) is 0 Å². The van der Waals surface area contributed by atoms with Gasteiger partial charge in [0.2, 0.25) is 5.89 Å². The van der Waals surface area contributed by atoms with Crippen LogP contribution >= 0.6 is 0 Å². The Morgan fingerprint density at radius 2 is 0.865 bits per heavy atom. The maximum Gasteiger partial charge on any atom is 0.227 e. The van der Waals surface area contributed by atoms with Crippen LogP contribution in [0.15, 0.2) is 150 Å². The molecule has 256 valence electrons. The second kappa shape index (κ2) is 12.9. The van der Waals surface area contributed by atoms with Crippen molar-refractivity contribution in [1.29, 1.82) is 0 Å². The van der Waals surface area contributed by atoms with Gasteiger partial charge in [-0.25, -0.2) is 15.0 Å².